The van der Waals surface area contributed by atoms with Gasteiger partial charge in [0.05, 0.1) is 29.1 Å². The number of ether oxygens (including phenoxy) is 1. The fourth-order valence-corrected chi connectivity index (χ4v) is 4.57. The van der Waals surface area contributed by atoms with Gasteiger partial charge in [0.25, 0.3) is 0 Å². The molecule has 0 saturated heterocycles. The molecule has 0 bridgehead atoms. The molecule has 1 heterocycles. The smallest absolute Gasteiger partial charge is 0.744 e. The maximum absolute atomic E-state index is 11.8. The predicted molar refractivity (Wildman–Crippen MR) is 140 cm³/mol. The minimum absolute atomic E-state index is 0. The second kappa shape index (κ2) is 13.1. The number of azo groups is 1. The van der Waals surface area contributed by atoms with Gasteiger partial charge in [-0.1, -0.05) is 62.6 Å². The van der Waals surface area contributed by atoms with E-state index in [0.717, 1.165) is 35.9 Å². The van der Waals surface area contributed by atoms with Crippen molar-refractivity contribution in [1.29, 1.82) is 0 Å². The molecule has 186 valence electrons. The van der Waals surface area contributed by atoms with Crippen LogP contribution < -0.4 is 40.0 Å². The van der Waals surface area contributed by atoms with Crippen LogP contribution in [0.3, 0.4) is 0 Å². The molecule has 0 atom stereocenters. The summed E-state index contributed by atoms with van der Waals surface area (Å²) in [5.74, 6) is 0.770. The monoisotopic (exact) mass is 526 g/mol. The number of hydrogen-bond acceptors (Lipinski definition) is 8. The van der Waals surface area contributed by atoms with Crippen LogP contribution in [0.15, 0.2) is 88.1 Å². The summed E-state index contributed by atoms with van der Waals surface area (Å²) in [7, 11) is -4.74. The summed E-state index contributed by atoms with van der Waals surface area (Å²) in [6, 6.07) is 19.0. The minimum Gasteiger partial charge on any atom is -0.744 e. The van der Waals surface area contributed by atoms with Crippen molar-refractivity contribution in [3.8, 4) is 17.0 Å². The Kier molecular flexibility index (Phi) is 10.2. The Balaban J connectivity index is 0.00000380. The Morgan fingerprint density at radius 2 is 1.68 bits per heavy atom. The molecule has 0 aliphatic rings. The van der Waals surface area contributed by atoms with Crippen molar-refractivity contribution in [2.24, 2.45) is 10.2 Å². The van der Waals surface area contributed by atoms with Gasteiger partial charge >= 0.3 is 29.6 Å². The fraction of sp³-hybridized carbons (Fsp3) is 0.222. The van der Waals surface area contributed by atoms with Crippen molar-refractivity contribution in [2.45, 2.75) is 37.5 Å². The number of rotatable bonds is 10. The molecule has 10 heteroatoms. The first-order chi connectivity index (χ1) is 17.4. The second-order valence-corrected chi connectivity index (χ2v) is 9.66. The van der Waals surface area contributed by atoms with E-state index in [-0.39, 0.29) is 51.2 Å². The molecule has 3 aromatic carbocycles. The molecule has 0 spiro atoms. The van der Waals surface area contributed by atoms with E-state index in [9.17, 15) is 13.0 Å². The largest absolute Gasteiger partial charge is 1.00 e. The Labute approximate surface area is 239 Å². The number of benzene rings is 3. The zero-order valence-electron chi connectivity index (χ0n) is 20.9. The molecule has 0 aliphatic carbocycles. The first-order valence-corrected chi connectivity index (χ1v) is 13.2. The maximum atomic E-state index is 11.8. The predicted octanol–water partition coefficient (Wildman–Crippen LogP) is 3.77. The van der Waals surface area contributed by atoms with E-state index in [2.05, 4.69) is 22.1 Å². The molecule has 8 nitrogen and oxygen atoms in total. The normalized spacial score (nSPS) is 11.5. The maximum Gasteiger partial charge on any atom is 1.00 e. The van der Waals surface area contributed by atoms with Gasteiger partial charge in [0.15, 0.2) is 0 Å². The molecule has 37 heavy (non-hydrogen) atoms. The van der Waals surface area contributed by atoms with E-state index in [1.165, 1.54) is 18.9 Å². The van der Waals surface area contributed by atoms with E-state index < -0.39 is 10.1 Å². The van der Waals surface area contributed by atoms with E-state index in [0.29, 0.717) is 17.7 Å². The van der Waals surface area contributed by atoms with Crippen molar-refractivity contribution < 1.29 is 47.3 Å². The van der Waals surface area contributed by atoms with Crippen LogP contribution in [-0.2, 0) is 10.1 Å². The van der Waals surface area contributed by atoms with Crippen molar-refractivity contribution in [3.63, 3.8) is 0 Å². The average molecular weight is 527 g/mol. The van der Waals surface area contributed by atoms with Crippen LogP contribution in [-0.4, -0.2) is 24.6 Å². The molecule has 0 unspecified atom stereocenters. The van der Waals surface area contributed by atoms with Crippen molar-refractivity contribution >= 4 is 38.0 Å². The van der Waals surface area contributed by atoms with Crippen molar-refractivity contribution in [3.05, 3.63) is 72.9 Å². The van der Waals surface area contributed by atoms with Gasteiger partial charge in [-0.25, -0.2) is 8.42 Å². The van der Waals surface area contributed by atoms with Gasteiger partial charge in [0.1, 0.15) is 27.2 Å². The van der Waals surface area contributed by atoms with Gasteiger partial charge in [-0.05, 0) is 36.8 Å². The van der Waals surface area contributed by atoms with E-state index in [1.807, 2.05) is 30.3 Å². The van der Waals surface area contributed by atoms with Gasteiger partial charge < -0.3 is 15.0 Å². The third kappa shape index (κ3) is 7.15. The summed E-state index contributed by atoms with van der Waals surface area (Å²) < 4.78 is 41.4. The van der Waals surface area contributed by atoms with Gasteiger partial charge in [-0.15, -0.1) is 10.2 Å². The molecule has 0 fully saturated rings. The van der Waals surface area contributed by atoms with E-state index in [4.69, 9.17) is 10.5 Å². The third-order valence-corrected chi connectivity index (χ3v) is 6.61. The van der Waals surface area contributed by atoms with Crippen LogP contribution in [0.25, 0.3) is 22.0 Å². The molecule has 0 amide bonds. The van der Waals surface area contributed by atoms with Gasteiger partial charge in [0, 0.05) is 16.3 Å². The topological polar surface area (TPSA) is 130 Å². The Morgan fingerprint density at radius 3 is 2.38 bits per heavy atom. The molecular weight excluding hydrogens is 499 g/mol. The summed E-state index contributed by atoms with van der Waals surface area (Å²) in [6.45, 7) is 2.83. The number of nitrogens with two attached hydrogens (primary N) is 1. The number of hydrogen-bond donors (Lipinski definition) is 1. The number of anilines is 1. The average Bonchev–Trinajstić information content (AvgIpc) is 2.88. The molecule has 0 radical (unpaired) electrons. The van der Waals surface area contributed by atoms with Crippen LogP contribution in [0.4, 0.5) is 17.1 Å². The third-order valence-electron chi connectivity index (χ3n) is 5.74. The summed E-state index contributed by atoms with van der Waals surface area (Å²) >= 11 is 0. The van der Waals surface area contributed by atoms with Crippen LogP contribution in [0.2, 0.25) is 0 Å². The van der Waals surface area contributed by atoms with E-state index >= 15 is 0 Å². The van der Waals surface area contributed by atoms with E-state index in [1.54, 1.807) is 30.5 Å². The Hall–Kier alpha value is -2.82. The quantitative estimate of drug-likeness (QED) is 0.110. The van der Waals surface area contributed by atoms with Crippen molar-refractivity contribution in [1.82, 2.24) is 4.98 Å². The SMILES string of the molecule is CCCCCCOc1ccccc1-c1ccc(N=Nc2cc(S(=O)(=O)[O-])c3ccccc3c2N)cn1.[Na+]. The molecule has 0 aliphatic heterocycles. The van der Waals surface area contributed by atoms with Crippen LogP contribution >= 0.6 is 0 Å². The second-order valence-electron chi connectivity index (χ2n) is 8.31. The number of nitrogens with zero attached hydrogens (tertiary/aromatic N) is 3. The minimum atomic E-state index is -4.74. The molecule has 4 rings (SSSR count). The first-order valence-electron chi connectivity index (χ1n) is 11.8. The Bertz CT molecular complexity index is 1490. The number of aromatic nitrogens is 1. The number of para-hydroxylation sites is 1. The first kappa shape index (κ1) is 28.7. The van der Waals surface area contributed by atoms with Crippen molar-refractivity contribution in [2.75, 3.05) is 12.3 Å². The zero-order chi connectivity index (χ0) is 25.5. The number of fused-ring (bicyclic) bond motifs is 1. The van der Waals surface area contributed by atoms with Gasteiger partial charge in [0.2, 0.25) is 0 Å². The summed E-state index contributed by atoms with van der Waals surface area (Å²) in [6.07, 6.45) is 6.07. The van der Waals surface area contributed by atoms with Crippen LogP contribution in [0.5, 0.6) is 5.75 Å². The molecule has 2 N–H and O–H groups in total. The standard InChI is InChI=1S/C27H28N4O4S.Na/c1-2-3-4-9-16-35-25-13-8-7-12-22(25)23-15-14-19(18-29-23)30-31-24-17-26(36(32,33)34)20-10-5-6-11-21(20)27(24)28;/h5-8,10-15,17-18H,2-4,9,16,28H2,1H3,(H,32,33,34);/q;+1/p-1. The van der Waals surface area contributed by atoms with Gasteiger partial charge in [-0.2, -0.15) is 0 Å². The Morgan fingerprint density at radius 1 is 0.946 bits per heavy atom. The fourth-order valence-electron chi connectivity index (χ4n) is 3.87. The number of pyridine rings is 1. The molecule has 4 aromatic rings. The molecule has 0 saturated carbocycles. The number of nitrogen functional groups attached to an aromatic ring is 1. The summed E-state index contributed by atoms with van der Waals surface area (Å²) in [5.41, 5.74) is 8.56. The number of unbranched alkanes of at least 4 members (excludes halogenated alkanes) is 3. The van der Waals surface area contributed by atoms with Crippen LogP contribution in [0, 0.1) is 0 Å². The molecule has 1 aromatic heterocycles. The molecular formula is C27H27N4NaO4S. The van der Waals surface area contributed by atoms with Gasteiger partial charge in [-0.3, -0.25) is 4.98 Å². The summed E-state index contributed by atoms with van der Waals surface area (Å²) in [5, 5.41) is 8.94. The zero-order valence-corrected chi connectivity index (χ0v) is 23.7. The van der Waals surface area contributed by atoms with Crippen LogP contribution in [0.1, 0.15) is 32.6 Å². The summed E-state index contributed by atoms with van der Waals surface area (Å²) in [4.78, 5) is 4.11.